The molecule has 0 bridgehead atoms. The van der Waals surface area contributed by atoms with Gasteiger partial charge in [-0.3, -0.25) is 0 Å². The fourth-order valence-corrected chi connectivity index (χ4v) is 3.00. The number of piperidine rings is 1. The fourth-order valence-electron chi connectivity index (χ4n) is 3.00. The van der Waals surface area contributed by atoms with Gasteiger partial charge in [-0.1, -0.05) is 19.3 Å². The summed E-state index contributed by atoms with van der Waals surface area (Å²) in [5.41, 5.74) is 0. The first kappa shape index (κ1) is 11.4. The highest BCUT2D eigenvalue weighted by molar-refractivity contribution is 4.72. The molecule has 2 heteroatoms. The molecule has 2 saturated heterocycles. The minimum absolute atomic E-state index is 0.998. The van der Waals surface area contributed by atoms with Crippen molar-refractivity contribution in [1.29, 1.82) is 0 Å². The van der Waals surface area contributed by atoms with Gasteiger partial charge in [0.2, 0.25) is 0 Å². The summed E-state index contributed by atoms with van der Waals surface area (Å²) >= 11 is 0. The van der Waals surface area contributed by atoms with Crippen LogP contribution < -0.4 is 10.6 Å². The normalized spacial score (nSPS) is 28.4. The van der Waals surface area contributed by atoms with E-state index in [0.717, 1.165) is 11.8 Å². The van der Waals surface area contributed by atoms with Gasteiger partial charge in [-0.05, 0) is 63.7 Å². The van der Waals surface area contributed by atoms with E-state index in [-0.39, 0.29) is 0 Å². The highest BCUT2D eigenvalue weighted by atomic mass is 14.9. The van der Waals surface area contributed by atoms with E-state index in [1.165, 1.54) is 71.1 Å². The van der Waals surface area contributed by atoms with Crippen LogP contribution in [0.1, 0.15) is 44.9 Å². The summed E-state index contributed by atoms with van der Waals surface area (Å²) in [4.78, 5) is 0. The van der Waals surface area contributed by atoms with Crippen LogP contribution in [0.3, 0.4) is 0 Å². The van der Waals surface area contributed by atoms with Crippen LogP contribution >= 0.6 is 0 Å². The average Bonchev–Trinajstić information content (AvgIpc) is 2.79. The van der Waals surface area contributed by atoms with Gasteiger partial charge < -0.3 is 10.6 Å². The van der Waals surface area contributed by atoms with E-state index in [1.807, 2.05) is 0 Å². The van der Waals surface area contributed by atoms with Crippen molar-refractivity contribution < 1.29 is 0 Å². The first-order chi connectivity index (χ1) is 7.45. The maximum Gasteiger partial charge on any atom is -0.00200 e. The largest absolute Gasteiger partial charge is 0.317 e. The zero-order valence-corrected chi connectivity index (χ0v) is 9.93. The molecule has 0 radical (unpaired) electrons. The minimum atomic E-state index is 0.998. The highest BCUT2D eigenvalue weighted by Gasteiger charge is 2.15. The lowest BCUT2D eigenvalue weighted by Gasteiger charge is -2.22. The third-order valence-electron chi connectivity index (χ3n) is 4.10. The van der Waals surface area contributed by atoms with Crippen molar-refractivity contribution in [2.75, 3.05) is 26.2 Å². The van der Waals surface area contributed by atoms with Crippen molar-refractivity contribution in [2.45, 2.75) is 44.9 Å². The van der Waals surface area contributed by atoms with Crippen molar-refractivity contribution in [3.63, 3.8) is 0 Å². The highest BCUT2D eigenvalue weighted by Crippen LogP contribution is 2.21. The third-order valence-corrected chi connectivity index (χ3v) is 4.10. The molecule has 0 amide bonds. The monoisotopic (exact) mass is 210 g/mol. The third kappa shape index (κ3) is 4.12. The lowest BCUT2D eigenvalue weighted by molar-refractivity contribution is 0.338. The van der Waals surface area contributed by atoms with Crippen molar-refractivity contribution >= 4 is 0 Å². The maximum absolute atomic E-state index is 3.45. The van der Waals surface area contributed by atoms with Gasteiger partial charge in [0.05, 0.1) is 0 Å². The van der Waals surface area contributed by atoms with Gasteiger partial charge in [-0.15, -0.1) is 0 Å². The number of unbranched alkanes of at least 4 members (excludes halogenated alkanes) is 1. The predicted octanol–water partition coefficient (Wildman–Crippen LogP) is 2.16. The van der Waals surface area contributed by atoms with Gasteiger partial charge in [-0.2, -0.15) is 0 Å². The Bertz CT molecular complexity index is 158. The van der Waals surface area contributed by atoms with E-state index in [9.17, 15) is 0 Å². The Hall–Kier alpha value is -0.0800. The van der Waals surface area contributed by atoms with Crippen LogP contribution in [0.2, 0.25) is 0 Å². The second-order valence-electron chi connectivity index (χ2n) is 5.34. The summed E-state index contributed by atoms with van der Waals surface area (Å²) in [6, 6.07) is 0. The molecule has 2 heterocycles. The van der Waals surface area contributed by atoms with Gasteiger partial charge in [0.1, 0.15) is 0 Å². The molecule has 0 aromatic rings. The molecule has 0 spiro atoms. The molecule has 2 rings (SSSR count). The van der Waals surface area contributed by atoms with Gasteiger partial charge in [0.25, 0.3) is 0 Å². The number of hydrogen-bond acceptors (Lipinski definition) is 2. The average molecular weight is 210 g/mol. The van der Waals surface area contributed by atoms with Crippen molar-refractivity contribution in [2.24, 2.45) is 11.8 Å². The molecule has 0 saturated carbocycles. The standard InChI is InChI=1S/C13H26N2/c1(2-4-13-7-10-15-11-13)3-12-5-8-14-9-6-12/h12-15H,1-11H2. The van der Waals surface area contributed by atoms with Crippen LogP contribution in [0.15, 0.2) is 0 Å². The van der Waals surface area contributed by atoms with Gasteiger partial charge in [-0.25, -0.2) is 0 Å². The zero-order chi connectivity index (χ0) is 10.3. The Labute approximate surface area is 94.2 Å². The predicted molar refractivity (Wildman–Crippen MR) is 65.0 cm³/mol. The lowest BCUT2D eigenvalue weighted by Crippen LogP contribution is -2.27. The Morgan fingerprint density at radius 2 is 1.33 bits per heavy atom. The molecule has 2 fully saturated rings. The first-order valence-electron chi connectivity index (χ1n) is 6.86. The van der Waals surface area contributed by atoms with E-state index >= 15 is 0 Å². The molecular weight excluding hydrogens is 184 g/mol. The summed E-state index contributed by atoms with van der Waals surface area (Å²) in [6.45, 7) is 5.07. The smallest absolute Gasteiger partial charge is 0.00200 e. The molecule has 2 aliphatic heterocycles. The van der Waals surface area contributed by atoms with Crippen LogP contribution in [0.25, 0.3) is 0 Å². The molecule has 0 aromatic carbocycles. The van der Waals surface area contributed by atoms with Crippen molar-refractivity contribution in [3.8, 4) is 0 Å². The molecule has 15 heavy (non-hydrogen) atoms. The minimum Gasteiger partial charge on any atom is -0.317 e. The number of nitrogens with one attached hydrogen (secondary N) is 2. The number of hydrogen-bond donors (Lipinski definition) is 2. The van der Waals surface area contributed by atoms with E-state index < -0.39 is 0 Å². The van der Waals surface area contributed by atoms with Crippen molar-refractivity contribution in [3.05, 3.63) is 0 Å². The molecule has 88 valence electrons. The van der Waals surface area contributed by atoms with E-state index in [4.69, 9.17) is 0 Å². The Morgan fingerprint density at radius 3 is 2.00 bits per heavy atom. The summed E-state index contributed by atoms with van der Waals surface area (Å²) in [7, 11) is 0. The van der Waals surface area contributed by atoms with Crippen molar-refractivity contribution in [1.82, 2.24) is 10.6 Å². The first-order valence-corrected chi connectivity index (χ1v) is 6.86. The molecule has 1 unspecified atom stereocenters. The summed E-state index contributed by atoms with van der Waals surface area (Å²) < 4.78 is 0. The fraction of sp³-hybridized carbons (Fsp3) is 1.00. The maximum atomic E-state index is 3.45. The Morgan fingerprint density at radius 1 is 0.733 bits per heavy atom. The Balaban J connectivity index is 1.47. The molecule has 2 N–H and O–H groups in total. The second-order valence-corrected chi connectivity index (χ2v) is 5.34. The lowest BCUT2D eigenvalue weighted by atomic mass is 9.91. The Kier molecular flexibility index (Phi) is 4.94. The van der Waals surface area contributed by atoms with Crippen LogP contribution in [0.5, 0.6) is 0 Å². The molecule has 0 aliphatic carbocycles. The molecule has 1 atom stereocenters. The van der Waals surface area contributed by atoms with Gasteiger partial charge in [0.15, 0.2) is 0 Å². The van der Waals surface area contributed by atoms with Crippen LogP contribution in [-0.2, 0) is 0 Å². The van der Waals surface area contributed by atoms with Crippen LogP contribution in [0, 0.1) is 11.8 Å². The quantitative estimate of drug-likeness (QED) is 0.680. The molecule has 0 aromatic heterocycles. The van der Waals surface area contributed by atoms with Gasteiger partial charge in [0, 0.05) is 0 Å². The van der Waals surface area contributed by atoms with Gasteiger partial charge >= 0.3 is 0 Å². The van der Waals surface area contributed by atoms with Crippen LogP contribution in [0.4, 0.5) is 0 Å². The molecular formula is C13H26N2. The zero-order valence-electron chi connectivity index (χ0n) is 9.93. The topological polar surface area (TPSA) is 24.1 Å². The molecule has 2 nitrogen and oxygen atoms in total. The summed E-state index contributed by atoms with van der Waals surface area (Å²) in [5, 5.41) is 6.90. The summed E-state index contributed by atoms with van der Waals surface area (Å²) in [5.74, 6) is 2.03. The SMILES string of the molecule is C(CCC1CCNC1)CC1CCNCC1. The van der Waals surface area contributed by atoms with E-state index in [1.54, 1.807) is 0 Å². The number of rotatable bonds is 5. The van der Waals surface area contributed by atoms with Crippen LogP contribution in [-0.4, -0.2) is 26.2 Å². The second kappa shape index (κ2) is 6.49. The van der Waals surface area contributed by atoms with E-state index in [0.29, 0.717) is 0 Å². The summed E-state index contributed by atoms with van der Waals surface area (Å²) in [6.07, 6.45) is 10.2. The molecule has 2 aliphatic rings. The van der Waals surface area contributed by atoms with E-state index in [2.05, 4.69) is 10.6 Å².